The van der Waals surface area contributed by atoms with Crippen molar-refractivity contribution in [3.05, 3.63) is 35.7 Å². The fourth-order valence-corrected chi connectivity index (χ4v) is 1.72. The highest BCUT2D eigenvalue weighted by Gasteiger charge is 2.07. The molecule has 0 radical (unpaired) electrons. The van der Waals surface area contributed by atoms with Crippen molar-refractivity contribution in [3.63, 3.8) is 0 Å². The topological polar surface area (TPSA) is 49.9 Å². The van der Waals surface area contributed by atoms with E-state index in [1.165, 1.54) is 0 Å². The van der Waals surface area contributed by atoms with Gasteiger partial charge in [-0.3, -0.25) is 0 Å². The molecule has 1 aromatic heterocycles. The number of benzene rings is 1. The number of H-pyrrole nitrogens is 1. The van der Waals surface area contributed by atoms with Crippen molar-refractivity contribution >= 4 is 0 Å². The molecule has 1 heterocycles. The number of ether oxygens (including phenoxy) is 1. The quantitative estimate of drug-likeness (QED) is 0.847. The predicted octanol–water partition coefficient (Wildman–Crippen LogP) is 2.11. The third-order valence-electron chi connectivity index (χ3n) is 2.69. The highest BCUT2D eigenvalue weighted by Crippen LogP contribution is 2.21. The van der Waals surface area contributed by atoms with E-state index in [4.69, 9.17) is 4.74 Å². The molecule has 0 atom stereocenters. The lowest BCUT2D eigenvalue weighted by molar-refractivity contribution is 0.415. The van der Waals surface area contributed by atoms with Crippen LogP contribution in [-0.2, 0) is 6.54 Å². The van der Waals surface area contributed by atoms with E-state index < -0.39 is 0 Å². The number of aryl methyl sites for hydroxylation is 1. The average molecular weight is 231 g/mol. The van der Waals surface area contributed by atoms with E-state index in [1.54, 1.807) is 7.11 Å². The Morgan fingerprint density at radius 3 is 2.59 bits per heavy atom. The SMILES string of the molecule is CNCc1nc(-c2ccc(OC)cc2)[nH]c1C. The van der Waals surface area contributed by atoms with Gasteiger partial charge in [0.2, 0.25) is 0 Å². The van der Waals surface area contributed by atoms with Crippen LogP contribution in [0.25, 0.3) is 11.4 Å². The van der Waals surface area contributed by atoms with Gasteiger partial charge in [-0.05, 0) is 38.2 Å². The Morgan fingerprint density at radius 2 is 2.00 bits per heavy atom. The van der Waals surface area contributed by atoms with Gasteiger partial charge in [0.05, 0.1) is 12.8 Å². The monoisotopic (exact) mass is 231 g/mol. The van der Waals surface area contributed by atoms with Crippen LogP contribution in [0.2, 0.25) is 0 Å². The number of hydrogen-bond acceptors (Lipinski definition) is 3. The van der Waals surface area contributed by atoms with Gasteiger partial charge in [-0.15, -0.1) is 0 Å². The largest absolute Gasteiger partial charge is 0.497 e. The van der Waals surface area contributed by atoms with Crippen molar-refractivity contribution in [1.29, 1.82) is 0 Å². The minimum atomic E-state index is 0.776. The lowest BCUT2D eigenvalue weighted by Gasteiger charge is -2.00. The highest BCUT2D eigenvalue weighted by atomic mass is 16.5. The standard InChI is InChI=1S/C13H17N3O/c1-9-12(8-14-2)16-13(15-9)10-4-6-11(17-3)7-5-10/h4-7,14H,8H2,1-3H3,(H,15,16). The maximum absolute atomic E-state index is 5.13. The average Bonchev–Trinajstić information content (AvgIpc) is 2.72. The molecule has 0 spiro atoms. The molecule has 0 aliphatic rings. The summed E-state index contributed by atoms with van der Waals surface area (Å²) in [5.41, 5.74) is 3.22. The molecule has 0 fully saturated rings. The van der Waals surface area contributed by atoms with Crippen LogP contribution in [0, 0.1) is 6.92 Å². The van der Waals surface area contributed by atoms with Crippen LogP contribution in [-0.4, -0.2) is 24.1 Å². The van der Waals surface area contributed by atoms with E-state index in [0.29, 0.717) is 0 Å². The molecule has 0 aliphatic carbocycles. The second-order valence-electron chi connectivity index (χ2n) is 3.92. The summed E-state index contributed by atoms with van der Waals surface area (Å²) in [6, 6.07) is 7.87. The van der Waals surface area contributed by atoms with E-state index in [2.05, 4.69) is 15.3 Å². The zero-order valence-corrected chi connectivity index (χ0v) is 10.4. The van der Waals surface area contributed by atoms with Gasteiger partial charge in [0.25, 0.3) is 0 Å². The maximum Gasteiger partial charge on any atom is 0.137 e. The lowest BCUT2D eigenvalue weighted by Crippen LogP contribution is -2.06. The van der Waals surface area contributed by atoms with Crippen LogP contribution in [0.3, 0.4) is 0 Å². The van der Waals surface area contributed by atoms with Crippen LogP contribution < -0.4 is 10.1 Å². The molecular formula is C13H17N3O. The molecule has 0 bridgehead atoms. The first-order valence-electron chi connectivity index (χ1n) is 5.59. The molecule has 17 heavy (non-hydrogen) atoms. The van der Waals surface area contributed by atoms with Gasteiger partial charge in [0, 0.05) is 17.8 Å². The maximum atomic E-state index is 5.13. The third kappa shape index (κ3) is 2.47. The Kier molecular flexibility index (Phi) is 3.44. The number of nitrogens with zero attached hydrogens (tertiary/aromatic N) is 1. The van der Waals surface area contributed by atoms with Crippen LogP contribution in [0.15, 0.2) is 24.3 Å². The fraction of sp³-hybridized carbons (Fsp3) is 0.308. The molecule has 0 saturated heterocycles. The highest BCUT2D eigenvalue weighted by molar-refractivity contribution is 5.57. The third-order valence-corrected chi connectivity index (χ3v) is 2.69. The summed E-state index contributed by atoms with van der Waals surface area (Å²) in [6.07, 6.45) is 0. The zero-order chi connectivity index (χ0) is 12.3. The smallest absolute Gasteiger partial charge is 0.137 e. The van der Waals surface area contributed by atoms with Crippen LogP contribution in [0.4, 0.5) is 0 Å². The Balaban J connectivity index is 2.29. The van der Waals surface area contributed by atoms with Gasteiger partial charge in [-0.25, -0.2) is 4.98 Å². The fourth-order valence-electron chi connectivity index (χ4n) is 1.72. The molecule has 2 N–H and O–H groups in total. The number of nitrogens with one attached hydrogen (secondary N) is 2. The van der Waals surface area contributed by atoms with Crippen molar-refractivity contribution in [3.8, 4) is 17.1 Å². The molecule has 4 heteroatoms. The Hall–Kier alpha value is -1.81. The van der Waals surface area contributed by atoms with E-state index in [1.807, 2.05) is 38.2 Å². The molecular weight excluding hydrogens is 214 g/mol. The van der Waals surface area contributed by atoms with Crippen LogP contribution >= 0.6 is 0 Å². The molecule has 2 aromatic rings. The van der Waals surface area contributed by atoms with E-state index in [-0.39, 0.29) is 0 Å². The van der Waals surface area contributed by atoms with Gasteiger partial charge in [0.1, 0.15) is 11.6 Å². The van der Waals surface area contributed by atoms with E-state index >= 15 is 0 Å². The summed E-state index contributed by atoms with van der Waals surface area (Å²) in [7, 11) is 3.58. The number of imidazole rings is 1. The van der Waals surface area contributed by atoms with E-state index in [9.17, 15) is 0 Å². The summed E-state index contributed by atoms with van der Waals surface area (Å²) in [6.45, 7) is 2.81. The first-order chi connectivity index (χ1) is 8.24. The molecule has 90 valence electrons. The van der Waals surface area contributed by atoms with Gasteiger partial charge < -0.3 is 15.0 Å². The second-order valence-corrected chi connectivity index (χ2v) is 3.92. The van der Waals surface area contributed by atoms with Crippen molar-refractivity contribution in [2.45, 2.75) is 13.5 Å². The molecule has 1 aromatic carbocycles. The first kappa shape index (κ1) is 11.7. The number of hydrogen-bond donors (Lipinski definition) is 2. The molecule has 0 aliphatic heterocycles. The molecule has 0 unspecified atom stereocenters. The summed E-state index contributed by atoms with van der Waals surface area (Å²) >= 11 is 0. The summed E-state index contributed by atoms with van der Waals surface area (Å²) in [5, 5.41) is 3.11. The first-order valence-corrected chi connectivity index (χ1v) is 5.59. The molecule has 2 rings (SSSR count). The minimum Gasteiger partial charge on any atom is -0.497 e. The number of rotatable bonds is 4. The number of aromatic amines is 1. The Morgan fingerprint density at radius 1 is 1.29 bits per heavy atom. The van der Waals surface area contributed by atoms with Crippen molar-refractivity contribution in [2.24, 2.45) is 0 Å². The van der Waals surface area contributed by atoms with Gasteiger partial charge in [-0.2, -0.15) is 0 Å². The van der Waals surface area contributed by atoms with Crippen molar-refractivity contribution < 1.29 is 4.74 Å². The summed E-state index contributed by atoms with van der Waals surface area (Å²) in [5.74, 6) is 1.75. The second kappa shape index (κ2) is 5.01. The zero-order valence-electron chi connectivity index (χ0n) is 10.4. The van der Waals surface area contributed by atoms with Crippen LogP contribution in [0.5, 0.6) is 5.75 Å². The predicted molar refractivity (Wildman–Crippen MR) is 68.1 cm³/mol. The Bertz CT molecular complexity index is 488. The molecule has 4 nitrogen and oxygen atoms in total. The normalized spacial score (nSPS) is 10.5. The summed E-state index contributed by atoms with van der Waals surface area (Å²) < 4.78 is 5.13. The van der Waals surface area contributed by atoms with Gasteiger partial charge in [-0.1, -0.05) is 0 Å². The molecule has 0 amide bonds. The number of aromatic nitrogens is 2. The van der Waals surface area contributed by atoms with Crippen LogP contribution in [0.1, 0.15) is 11.4 Å². The van der Waals surface area contributed by atoms with E-state index in [0.717, 1.165) is 35.1 Å². The minimum absolute atomic E-state index is 0.776. The Labute approximate surface area is 101 Å². The van der Waals surface area contributed by atoms with Gasteiger partial charge >= 0.3 is 0 Å². The number of methoxy groups -OCH3 is 1. The summed E-state index contributed by atoms with van der Waals surface area (Å²) in [4.78, 5) is 7.86. The van der Waals surface area contributed by atoms with Crippen molar-refractivity contribution in [2.75, 3.05) is 14.2 Å². The molecule has 0 saturated carbocycles. The lowest BCUT2D eigenvalue weighted by atomic mass is 10.2. The van der Waals surface area contributed by atoms with Gasteiger partial charge in [0.15, 0.2) is 0 Å². The van der Waals surface area contributed by atoms with Crippen molar-refractivity contribution in [1.82, 2.24) is 15.3 Å².